The Labute approximate surface area is 70.2 Å². The third-order valence-corrected chi connectivity index (χ3v) is 1.54. The van der Waals surface area contributed by atoms with E-state index in [1.807, 2.05) is 6.92 Å². The second kappa shape index (κ2) is 6.01. The Bertz CT molecular complexity index is 175. The average Bonchev–Trinajstić information content (AvgIpc) is 1.97. The third kappa shape index (κ3) is 4.65. The molecule has 0 aliphatic carbocycles. The molecule has 0 bridgehead atoms. The molecule has 4 nitrogen and oxygen atoms in total. The summed E-state index contributed by atoms with van der Waals surface area (Å²) in [6, 6.07) is -0.679. The molecule has 62 valence electrons. The molecule has 11 heavy (non-hydrogen) atoms. The molecule has 0 fully saturated rings. The predicted octanol–water partition coefficient (Wildman–Crippen LogP) is 2.62. The largest absolute Gasteiger partial charge is 0.281 e. The number of hydrogen-bond donors (Lipinski definition) is 0. The maximum absolute atomic E-state index is 10.5. The molecular formula is C6H10ClN3O. The summed E-state index contributed by atoms with van der Waals surface area (Å²) < 4.78 is 0. The Morgan fingerprint density at radius 1 is 1.82 bits per heavy atom. The molecule has 0 rings (SSSR count). The van der Waals surface area contributed by atoms with Crippen molar-refractivity contribution in [1.82, 2.24) is 0 Å². The molecule has 0 saturated carbocycles. The van der Waals surface area contributed by atoms with Crippen LogP contribution < -0.4 is 0 Å². The summed E-state index contributed by atoms with van der Waals surface area (Å²) >= 11 is 5.15. The van der Waals surface area contributed by atoms with E-state index < -0.39 is 11.3 Å². The Morgan fingerprint density at radius 2 is 2.45 bits per heavy atom. The minimum Gasteiger partial charge on any atom is -0.281 e. The molecular weight excluding hydrogens is 166 g/mol. The van der Waals surface area contributed by atoms with Crippen molar-refractivity contribution >= 4 is 16.8 Å². The molecule has 0 spiro atoms. The van der Waals surface area contributed by atoms with Crippen LogP contribution in [0.15, 0.2) is 5.11 Å². The topological polar surface area (TPSA) is 65.8 Å². The van der Waals surface area contributed by atoms with Crippen molar-refractivity contribution < 1.29 is 4.79 Å². The second-order valence-electron chi connectivity index (χ2n) is 2.17. The van der Waals surface area contributed by atoms with E-state index in [1.165, 1.54) is 0 Å². The number of unbranched alkanes of at least 4 members (excludes halogenated alkanes) is 1. The van der Waals surface area contributed by atoms with Crippen LogP contribution in [0, 0.1) is 0 Å². The highest BCUT2D eigenvalue weighted by molar-refractivity contribution is 6.64. The van der Waals surface area contributed by atoms with E-state index in [0.717, 1.165) is 12.8 Å². The summed E-state index contributed by atoms with van der Waals surface area (Å²) in [5.74, 6) is 0. The van der Waals surface area contributed by atoms with Crippen molar-refractivity contribution in [3.63, 3.8) is 0 Å². The number of hydrogen-bond acceptors (Lipinski definition) is 2. The quantitative estimate of drug-likeness (QED) is 0.274. The maximum Gasteiger partial charge on any atom is 0.230 e. The van der Waals surface area contributed by atoms with E-state index >= 15 is 0 Å². The van der Waals surface area contributed by atoms with Gasteiger partial charge < -0.3 is 0 Å². The molecule has 0 saturated heterocycles. The Morgan fingerprint density at radius 3 is 2.82 bits per heavy atom. The number of carbonyl (C=O) groups excluding carboxylic acids is 1. The first-order valence-corrected chi connectivity index (χ1v) is 3.83. The zero-order valence-corrected chi connectivity index (χ0v) is 7.08. The lowest BCUT2D eigenvalue weighted by molar-refractivity contribution is -0.112. The molecule has 0 amide bonds. The fraction of sp³-hybridized carbons (Fsp3) is 0.833. The van der Waals surface area contributed by atoms with Crippen molar-refractivity contribution in [1.29, 1.82) is 0 Å². The molecule has 5 heteroatoms. The van der Waals surface area contributed by atoms with Crippen molar-refractivity contribution in [2.24, 2.45) is 5.11 Å². The Hall–Kier alpha value is -0.730. The molecule has 1 unspecified atom stereocenters. The molecule has 0 aliphatic rings. The van der Waals surface area contributed by atoms with Crippen LogP contribution in [0.4, 0.5) is 0 Å². The normalized spacial score (nSPS) is 11.8. The fourth-order valence-electron chi connectivity index (χ4n) is 0.676. The summed E-state index contributed by atoms with van der Waals surface area (Å²) in [7, 11) is 0. The van der Waals surface area contributed by atoms with E-state index in [-0.39, 0.29) is 0 Å². The minimum atomic E-state index is -0.679. The van der Waals surface area contributed by atoms with Gasteiger partial charge in [0.2, 0.25) is 5.24 Å². The van der Waals surface area contributed by atoms with Gasteiger partial charge in [-0.25, -0.2) is 0 Å². The van der Waals surface area contributed by atoms with E-state index in [4.69, 9.17) is 17.1 Å². The third-order valence-electron chi connectivity index (χ3n) is 1.28. The molecule has 1 atom stereocenters. The summed E-state index contributed by atoms with van der Waals surface area (Å²) in [6.07, 6.45) is 2.35. The SMILES string of the molecule is CCCCC(N=[N+]=[N-])C(=O)Cl. The van der Waals surface area contributed by atoms with Gasteiger partial charge in [-0.05, 0) is 23.6 Å². The number of rotatable bonds is 5. The van der Waals surface area contributed by atoms with Crippen LogP contribution in [0.3, 0.4) is 0 Å². The summed E-state index contributed by atoms with van der Waals surface area (Å²) in [5.41, 5.74) is 8.03. The van der Waals surface area contributed by atoms with Gasteiger partial charge in [0.25, 0.3) is 0 Å². The first-order chi connectivity index (χ1) is 5.22. The Balaban J connectivity index is 3.89. The van der Waals surface area contributed by atoms with Gasteiger partial charge in [0.15, 0.2) is 0 Å². The van der Waals surface area contributed by atoms with Crippen LogP contribution in [0.2, 0.25) is 0 Å². The van der Waals surface area contributed by atoms with Gasteiger partial charge in [-0.15, -0.1) is 0 Å². The van der Waals surface area contributed by atoms with Crippen LogP contribution in [-0.4, -0.2) is 11.3 Å². The van der Waals surface area contributed by atoms with Crippen LogP contribution in [0.5, 0.6) is 0 Å². The molecule has 0 aromatic heterocycles. The number of carbonyl (C=O) groups is 1. The Kier molecular flexibility index (Phi) is 5.61. The van der Waals surface area contributed by atoms with Gasteiger partial charge in [-0.1, -0.05) is 24.9 Å². The lowest BCUT2D eigenvalue weighted by atomic mass is 10.1. The molecule has 0 radical (unpaired) electrons. The van der Waals surface area contributed by atoms with Gasteiger partial charge in [-0.3, -0.25) is 4.79 Å². The maximum atomic E-state index is 10.5. The monoisotopic (exact) mass is 175 g/mol. The molecule has 0 aliphatic heterocycles. The van der Waals surface area contributed by atoms with Crippen LogP contribution in [-0.2, 0) is 4.79 Å². The van der Waals surface area contributed by atoms with Crippen LogP contribution in [0.25, 0.3) is 10.4 Å². The van der Waals surface area contributed by atoms with Crippen molar-refractivity contribution in [2.45, 2.75) is 32.2 Å². The predicted molar refractivity (Wildman–Crippen MR) is 43.3 cm³/mol. The van der Waals surface area contributed by atoms with Crippen LogP contribution >= 0.6 is 11.6 Å². The van der Waals surface area contributed by atoms with Crippen molar-refractivity contribution in [3.8, 4) is 0 Å². The smallest absolute Gasteiger partial charge is 0.230 e. The van der Waals surface area contributed by atoms with E-state index in [0.29, 0.717) is 6.42 Å². The van der Waals surface area contributed by atoms with E-state index in [1.54, 1.807) is 0 Å². The molecule has 0 N–H and O–H groups in total. The van der Waals surface area contributed by atoms with Crippen molar-refractivity contribution in [2.75, 3.05) is 0 Å². The number of nitrogens with zero attached hydrogens (tertiary/aromatic N) is 3. The van der Waals surface area contributed by atoms with Gasteiger partial charge in [0.1, 0.15) is 6.04 Å². The zero-order valence-electron chi connectivity index (χ0n) is 6.33. The van der Waals surface area contributed by atoms with E-state index in [2.05, 4.69) is 10.0 Å². The highest BCUT2D eigenvalue weighted by atomic mass is 35.5. The average molecular weight is 176 g/mol. The van der Waals surface area contributed by atoms with Gasteiger partial charge in [0, 0.05) is 4.91 Å². The summed E-state index contributed by atoms with van der Waals surface area (Å²) in [5, 5.41) is 2.69. The molecule has 0 aromatic carbocycles. The first-order valence-electron chi connectivity index (χ1n) is 3.46. The first kappa shape index (κ1) is 10.3. The number of azide groups is 1. The summed E-state index contributed by atoms with van der Waals surface area (Å²) in [6.45, 7) is 1.99. The molecule has 0 heterocycles. The van der Waals surface area contributed by atoms with Crippen LogP contribution in [0.1, 0.15) is 26.2 Å². The van der Waals surface area contributed by atoms with Gasteiger partial charge in [0.05, 0.1) is 0 Å². The minimum absolute atomic E-state index is 0.545. The summed E-state index contributed by atoms with van der Waals surface area (Å²) in [4.78, 5) is 13.1. The lowest BCUT2D eigenvalue weighted by Gasteiger charge is -2.02. The fourth-order valence-corrected chi connectivity index (χ4v) is 0.829. The highest BCUT2D eigenvalue weighted by Crippen LogP contribution is 2.07. The van der Waals surface area contributed by atoms with Crippen molar-refractivity contribution in [3.05, 3.63) is 10.4 Å². The number of halogens is 1. The second-order valence-corrected chi connectivity index (χ2v) is 2.54. The standard InChI is InChI=1S/C6H10ClN3O/c1-2-3-4-5(6(7)11)9-10-8/h5H,2-4H2,1H3. The van der Waals surface area contributed by atoms with E-state index in [9.17, 15) is 4.79 Å². The lowest BCUT2D eigenvalue weighted by Crippen LogP contribution is -2.11. The molecule has 0 aromatic rings. The van der Waals surface area contributed by atoms with Gasteiger partial charge >= 0.3 is 0 Å². The highest BCUT2D eigenvalue weighted by Gasteiger charge is 2.12. The zero-order chi connectivity index (χ0) is 8.69. The van der Waals surface area contributed by atoms with Gasteiger partial charge in [-0.2, -0.15) is 0 Å².